The SMILES string of the molecule is CC1CNCCC1NC(=O)c1cn(Cc2cccc(F)c2)nn1. The van der Waals surface area contributed by atoms with E-state index in [9.17, 15) is 9.18 Å². The van der Waals surface area contributed by atoms with Crippen molar-refractivity contribution < 1.29 is 9.18 Å². The molecule has 0 saturated carbocycles. The third-order valence-corrected chi connectivity index (χ3v) is 4.11. The molecule has 1 aliphatic heterocycles. The van der Waals surface area contributed by atoms with Crippen LogP contribution in [0.25, 0.3) is 0 Å². The molecule has 7 heteroatoms. The Morgan fingerprint density at radius 2 is 2.39 bits per heavy atom. The van der Waals surface area contributed by atoms with Crippen molar-refractivity contribution in [3.8, 4) is 0 Å². The lowest BCUT2D eigenvalue weighted by molar-refractivity contribution is 0.0909. The van der Waals surface area contributed by atoms with E-state index in [4.69, 9.17) is 0 Å². The van der Waals surface area contributed by atoms with Crippen LogP contribution >= 0.6 is 0 Å². The van der Waals surface area contributed by atoms with E-state index in [0.29, 0.717) is 12.5 Å². The standard InChI is InChI=1S/C16H20FN5O/c1-11-8-18-6-5-14(11)19-16(23)15-10-22(21-20-15)9-12-3-2-4-13(17)7-12/h2-4,7,10-11,14,18H,5-6,8-9H2,1H3,(H,19,23). The minimum Gasteiger partial charge on any atom is -0.347 e. The summed E-state index contributed by atoms with van der Waals surface area (Å²) in [4.78, 5) is 12.3. The van der Waals surface area contributed by atoms with Crippen LogP contribution in [0.2, 0.25) is 0 Å². The highest BCUT2D eigenvalue weighted by atomic mass is 19.1. The second-order valence-electron chi connectivity index (χ2n) is 5.98. The van der Waals surface area contributed by atoms with Gasteiger partial charge in [0.2, 0.25) is 0 Å². The quantitative estimate of drug-likeness (QED) is 0.889. The van der Waals surface area contributed by atoms with Crippen LogP contribution in [-0.2, 0) is 6.54 Å². The number of hydrogen-bond acceptors (Lipinski definition) is 4. The minimum absolute atomic E-state index is 0.150. The molecule has 1 aromatic carbocycles. The van der Waals surface area contributed by atoms with Crippen molar-refractivity contribution in [1.29, 1.82) is 0 Å². The molecule has 2 aromatic rings. The van der Waals surface area contributed by atoms with Crippen molar-refractivity contribution in [2.45, 2.75) is 25.9 Å². The Morgan fingerprint density at radius 3 is 3.17 bits per heavy atom. The van der Waals surface area contributed by atoms with Crippen LogP contribution in [0.15, 0.2) is 30.5 Å². The molecule has 1 fully saturated rings. The number of nitrogens with zero attached hydrogens (tertiary/aromatic N) is 3. The zero-order chi connectivity index (χ0) is 16.2. The van der Waals surface area contributed by atoms with Crippen LogP contribution in [0.1, 0.15) is 29.4 Å². The van der Waals surface area contributed by atoms with Gasteiger partial charge in [-0.25, -0.2) is 9.07 Å². The number of carbonyl (C=O) groups excluding carboxylic acids is 1. The van der Waals surface area contributed by atoms with Gasteiger partial charge in [0.25, 0.3) is 5.91 Å². The van der Waals surface area contributed by atoms with Crippen LogP contribution in [0.5, 0.6) is 0 Å². The highest BCUT2D eigenvalue weighted by Crippen LogP contribution is 2.11. The number of rotatable bonds is 4. The number of aromatic nitrogens is 3. The Kier molecular flexibility index (Phi) is 4.66. The first-order chi connectivity index (χ1) is 11.1. The number of nitrogens with one attached hydrogen (secondary N) is 2. The maximum absolute atomic E-state index is 13.2. The molecule has 0 spiro atoms. The van der Waals surface area contributed by atoms with E-state index in [1.807, 2.05) is 0 Å². The summed E-state index contributed by atoms with van der Waals surface area (Å²) >= 11 is 0. The zero-order valence-corrected chi connectivity index (χ0v) is 13.0. The number of halogens is 1. The van der Waals surface area contributed by atoms with Gasteiger partial charge in [-0.3, -0.25) is 4.79 Å². The van der Waals surface area contributed by atoms with E-state index in [2.05, 4.69) is 27.9 Å². The molecule has 23 heavy (non-hydrogen) atoms. The van der Waals surface area contributed by atoms with Gasteiger partial charge in [0.05, 0.1) is 12.7 Å². The van der Waals surface area contributed by atoms with Crippen LogP contribution in [0.4, 0.5) is 4.39 Å². The second-order valence-corrected chi connectivity index (χ2v) is 5.98. The summed E-state index contributed by atoms with van der Waals surface area (Å²) in [5, 5.41) is 14.2. The number of benzene rings is 1. The first kappa shape index (κ1) is 15.6. The molecular formula is C16H20FN5O. The van der Waals surface area contributed by atoms with Gasteiger partial charge in [0, 0.05) is 6.04 Å². The Balaban J connectivity index is 1.63. The lowest BCUT2D eigenvalue weighted by Crippen LogP contribution is -2.48. The second kappa shape index (κ2) is 6.87. The Morgan fingerprint density at radius 1 is 1.52 bits per heavy atom. The predicted molar refractivity (Wildman–Crippen MR) is 83.4 cm³/mol. The van der Waals surface area contributed by atoms with E-state index >= 15 is 0 Å². The molecule has 6 nitrogen and oxygen atoms in total. The fraction of sp³-hybridized carbons (Fsp3) is 0.438. The van der Waals surface area contributed by atoms with E-state index in [1.165, 1.54) is 16.8 Å². The summed E-state index contributed by atoms with van der Waals surface area (Å²) in [6.07, 6.45) is 2.50. The monoisotopic (exact) mass is 317 g/mol. The molecule has 0 bridgehead atoms. The van der Waals surface area contributed by atoms with Gasteiger partial charge >= 0.3 is 0 Å². The van der Waals surface area contributed by atoms with Gasteiger partial charge in [-0.15, -0.1) is 5.10 Å². The summed E-state index contributed by atoms with van der Waals surface area (Å²) in [7, 11) is 0. The predicted octanol–water partition coefficient (Wildman–Crippen LogP) is 1.19. The smallest absolute Gasteiger partial charge is 0.273 e. The van der Waals surface area contributed by atoms with Crippen LogP contribution < -0.4 is 10.6 Å². The molecular weight excluding hydrogens is 297 g/mol. The fourth-order valence-electron chi connectivity index (χ4n) is 2.77. The highest BCUT2D eigenvalue weighted by molar-refractivity contribution is 5.92. The maximum atomic E-state index is 13.2. The lowest BCUT2D eigenvalue weighted by Gasteiger charge is -2.29. The molecule has 1 aliphatic rings. The van der Waals surface area contributed by atoms with Crippen LogP contribution in [0, 0.1) is 11.7 Å². The maximum Gasteiger partial charge on any atom is 0.273 e. The van der Waals surface area contributed by atoms with Gasteiger partial charge in [-0.05, 0) is 43.1 Å². The summed E-state index contributed by atoms with van der Waals surface area (Å²) < 4.78 is 14.7. The topological polar surface area (TPSA) is 71.8 Å². The Labute approximate surface area is 134 Å². The summed E-state index contributed by atoms with van der Waals surface area (Å²) in [5.74, 6) is -0.121. The molecule has 2 heterocycles. The molecule has 2 N–H and O–H groups in total. The van der Waals surface area contributed by atoms with Crippen molar-refractivity contribution >= 4 is 5.91 Å². The molecule has 2 unspecified atom stereocenters. The van der Waals surface area contributed by atoms with Crippen molar-refractivity contribution in [2.24, 2.45) is 5.92 Å². The zero-order valence-electron chi connectivity index (χ0n) is 13.0. The van der Waals surface area contributed by atoms with Gasteiger partial charge in [0.1, 0.15) is 5.82 Å². The van der Waals surface area contributed by atoms with E-state index in [-0.39, 0.29) is 23.5 Å². The van der Waals surface area contributed by atoms with E-state index < -0.39 is 0 Å². The normalized spacial score (nSPS) is 21.1. The molecule has 0 aliphatic carbocycles. The average molecular weight is 317 g/mol. The number of hydrogen-bond donors (Lipinski definition) is 2. The van der Waals surface area contributed by atoms with Crippen molar-refractivity contribution in [1.82, 2.24) is 25.6 Å². The van der Waals surface area contributed by atoms with Crippen molar-refractivity contribution in [3.63, 3.8) is 0 Å². The molecule has 1 aromatic heterocycles. The summed E-state index contributed by atoms with van der Waals surface area (Å²) in [6, 6.07) is 6.44. The highest BCUT2D eigenvalue weighted by Gasteiger charge is 2.24. The van der Waals surface area contributed by atoms with Gasteiger partial charge < -0.3 is 10.6 Å². The van der Waals surface area contributed by atoms with Crippen molar-refractivity contribution in [3.05, 3.63) is 47.5 Å². The summed E-state index contributed by atoms with van der Waals surface area (Å²) in [5.41, 5.74) is 1.06. The number of piperidine rings is 1. The first-order valence-electron chi connectivity index (χ1n) is 7.78. The van der Waals surface area contributed by atoms with Gasteiger partial charge in [0.15, 0.2) is 5.69 Å². The molecule has 0 radical (unpaired) electrons. The molecule has 1 saturated heterocycles. The molecule has 3 rings (SSSR count). The molecule has 1 amide bonds. The van der Waals surface area contributed by atoms with Gasteiger partial charge in [-0.1, -0.05) is 24.3 Å². The molecule has 122 valence electrons. The summed E-state index contributed by atoms with van der Waals surface area (Å²) in [6.45, 7) is 4.29. The van der Waals surface area contributed by atoms with E-state index in [1.54, 1.807) is 18.3 Å². The first-order valence-corrected chi connectivity index (χ1v) is 7.78. The van der Waals surface area contributed by atoms with Crippen LogP contribution in [-0.4, -0.2) is 40.0 Å². The third kappa shape index (κ3) is 3.92. The van der Waals surface area contributed by atoms with Crippen LogP contribution in [0.3, 0.4) is 0 Å². The lowest BCUT2D eigenvalue weighted by atomic mass is 9.95. The largest absolute Gasteiger partial charge is 0.347 e. The Bertz CT molecular complexity index is 687. The number of amides is 1. The number of carbonyl (C=O) groups is 1. The average Bonchev–Trinajstić information content (AvgIpc) is 2.98. The minimum atomic E-state index is -0.291. The Hall–Kier alpha value is -2.28. The third-order valence-electron chi connectivity index (χ3n) is 4.11. The van der Waals surface area contributed by atoms with Gasteiger partial charge in [-0.2, -0.15) is 0 Å². The van der Waals surface area contributed by atoms with Crippen molar-refractivity contribution in [2.75, 3.05) is 13.1 Å². The molecule has 2 atom stereocenters. The fourth-order valence-corrected chi connectivity index (χ4v) is 2.77. The van der Waals surface area contributed by atoms with E-state index in [0.717, 1.165) is 25.1 Å².